The quantitative estimate of drug-likeness (QED) is 0.314. The van der Waals surface area contributed by atoms with Gasteiger partial charge in [-0.25, -0.2) is 4.68 Å². The number of ketones is 1. The summed E-state index contributed by atoms with van der Waals surface area (Å²) in [6.45, 7) is 0. The molecule has 168 valence electrons. The first-order chi connectivity index (χ1) is 15.3. The normalized spacial score (nSPS) is 13.6. The maximum Gasteiger partial charge on any atom is 0.453 e. The molecule has 0 unspecified atom stereocenters. The van der Waals surface area contributed by atoms with Crippen molar-refractivity contribution in [3.05, 3.63) is 57.7 Å². The molecule has 1 aromatic carbocycles. The number of thioether (sulfide) groups is 1. The van der Waals surface area contributed by atoms with Crippen LogP contribution in [0.25, 0.3) is 0 Å². The van der Waals surface area contributed by atoms with Crippen molar-refractivity contribution < 1.29 is 22.8 Å². The molecule has 4 rings (SSSR count). The molecular formula is C20H18F3N5O2S2. The molecule has 0 aliphatic heterocycles. The van der Waals surface area contributed by atoms with Crippen LogP contribution in [0.3, 0.4) is 0 Å². The van der Waals surface area contributed by atoms with Crippen molar-refractivity contribution in [2.45, 2.75) is 37.0 Å². The lowest BCUT2D eigenvalue weighted by molar-refractivity contribution is -0.146. The van der Waals surface area contributed by atoms with E-state index >= 15 is 0 Å². The van der Waals surface area contributed by atoms with E-state index in [-0.39, 0.29) is 16.7 Å². The first-order valence-electron chi connectivity index (χ1n) is 9.70. The zero-order valence-electron chi connectivity index (χ0n) is 16.6. The van der Waals surface area contributed by atoms with Gasteiger partial charge in [-0.2, -0.15) is 13.2 Å². The maximum atomic E-state index is 13.2. The van der Waals surface area contributed by atoms with Gasteiger partial charge in [-0.3, -0.25) is 9.59 Å². The maximum absolute atomic E-state index is 13.2. The van der Waals surface area contributed by atoms with E-state index in [1.165, 1.54) is 11.3 Å². The van der Waals surface area contributed by atoms with Crippen LogP contribution in [0.5, 0.6) is 0 Å². The van der Waals surface area contributed by atoms with Crippen LogP contribution in [0.2, 0.25) is 0 Å². The summed E-state index contributed by atoms with van der Waals surface area (Å²) in [7, 11) is 0. The standard InChI is InChI=1S/C20H18F3N5O2S2/c21-20(22,23)18-26-27-19(28(18)24)31-10-14(29)25-17-15(12-8-4-5-9-13(12)32-17)16(30)11-6-2-1-3-7-11/h1-3,6-7H,4-5,8-10,24H2,(H,25,29). The molecular weight excluding hydrogens is 463 g/mol. The number of nitrogens with zero attached hydrogens (tertiary/aromatic N) is 3. The first-order valence-corrected chi connectivity index (χ1v) is 11.5. The Morgan fingerprint density at radius 1 is 1.16 bits per heavy atom. The number of nitrogens with one attached hydrogen (secondary N) is 1. The minimum Gasteiger partial charge on any atom is -0.335 e. The predicted molar refractivity (Wildman–Crippen MR) is 115 cm³/mol. The molecule has 0 radical (unpaired) electrons. The second kappa shape index (κ2) is 8.94. The summed E-state index contributed by atoms with van der Waals surface area (Å²) in [5.41, 5.74) is 1.99. The number of rotatable bonds is 6. The third kappa shape index (κ3) is 4.51. The molecule has 0 atom stereocenters. The second-order valence-electron chi connectivity index (χ2n) is 7.12. The van der Waals surface area contributed by atoms with Gasteiger partial charge < -0.3 is 11.2 Å². The summed E-state index contributed by atoms with van der Waals surface area (Å²) in [5, 5.41) is 9.42. The largest absolute Gasteiger partial charge is 0.453 e. The first kappa shape index (κ1) is 22.3. The van der Waals surface area contributed by atoms with Gasteiger partial charge in [0, 0.05) is 10.4 Å². The van der Waals surface area contributed by atoms with Gasteiger partial charge in [0.05, 0.1) is 11.3 Å². The molecule has 2 heterocycles. The number of carbonyl (C=O) groups excluding carboxylic acids is 2. The molecule has 2 aromatic heterocycles. The summed E-state index contributed by atoms with van der Waals surface area (Å²) < 4.78 is 38.7. The van der Waals surface area contributed by atoms with Crippen LogP contribution in [0.1, 0.15) is 45.0 Å². The highest BCUT2D eigenvalue weighted by Gasteiger charge is 2.38. The number of amides is 1. The van der Waals surface area contributed by atoms with E-state index in [1.807, 2.05) is 6.07 Å². The number of fused-ring (bicyclic) bond motifs is 1. The SMILES string of the molecule is Nn1c(SCC(=O)Nc2sc3c(c2C(=O)c2ccccc2)CCCC3)nnc1C(F)(F)F. The number of aryl methyl sites for hydroxylation is 1. The van der Waals surface area contributed by atoms with Crippen LogP contribution in [-0.4, -0.2) is 32.3 Å². The van der Waals surface area contributed by atoms with Gasteiger partial charge in [0.1, 0.15) is 5.00 Å². The van der Waals surface area contributed by atoms with E-state index in [0.717, 1.165) is 47.9 Å². The summed E-state index contributed by atoms with van der Waals surface area (Å²) in [4.78, 5) is 26.9. The third-order valence-corrected chi connectivity index (χ3v) is 7.09. The average Bonchev–Trinajstić information content (AvgIpc) is 3.32. The van der Waals surface area contributed by atoms with E-state index in [2.05, 4.69) is 15.5 Å². The summed E-state index contributed by atoms with van der Waals surface area (Å²) in [5.74, 6) is 3.17. The fourth-order valence-electron chi connectivity index (χ4n) is 3.49. The zero-order valence-corrected chi connectivity index (χ0v) is 18.2. The fourth-order valence-corrected chi connectivity index (χ4v) is 5.45. The number of halogens is 3. The molecule has 1 aliphatic rings. The number of thiophene rings is 1. The molecule has 0 saturated heterocycles. The Morgan fingerprint density at radius 3 is 2.56 bits per heavy atom. The number of anilines is 1. The number of nitrogen functional groups attached to an aromatic ring is 1. The van der Waals surface area contributed by atoms with Gasteiger partial charge in [-0.15, -0.1) is 21.5 Å². The number of alkyl halides is 3. The molecule has 1 aliphatic carbocycles. The molecule has 0 spiro atoms. The number of nitrogens with two attached hydrogens (primary N) is 1. The third-order valence-electron chi connectivity index (χ3n) is 4.94. The number of benzene rings is 1. The zero-order chi connectivity index (χ0) is 22.9. The number of aromatic nitrogens is 3. The van der Waals surface area contributed by atoms with Gasteiger partial charge in [0.25, 0.3) is 5.82 Å². The van der Waals surface area contributed by atoms with Crippen molar-refractivity contribution in [2.75, 3.05) is 16.9 Å². The molecule has 0 bridgehead atoms. The van der Waals surface area contributed by atoms with Gasteiger partial charge in [-0.1, -0.05) is 42.1 Å². The Labute approximate surface area is 189 Å². The van der Waals surface area contributed by atoms with E-state index in [0.29, 0.717) is 20.8 Å². The molecule has 12 heteroatoms. The fraction of sp³-hybridized carbons (Fsp3) is 0.300. The van der Waals surface area contributed by atoms with Crippen molar-refractivity contribution in [2.24, 2.45) is 0 Å². The van der Waals surface area contributed by atoms with Crippen LogP contribution in [0, 0.1) is 0 Å². The molecule has 32 heavy (non-hydrogen) atoms. The highest BCUT2D eigenvalue weighted by molar-refractivity contribution is 7.99. The van der Waals surface area contributed by atoms with E-state index < -0.39 is 17.9 Å². The van der Waals surface area contributed by atoms with Gasteiger partial charge >= 0.3 is 6.18 Å². The lowest BCUT2D eigenvalue weighted by Crippen LogP contribution is -2.22. The van der Waals surface area contributed by atoms with E-state index in [4.69, 9.17) is 5.84 Å². The Hall–Kier alpha value is -2.86. The van der Waals surface area contributed by atoms with Crippen molar-refractivity contribution in [3.63, 3.8) is 0 Å². The Kier molecular flexibility index (Phi) is 6.24. The smallest absolute Gasteiger partial charge is 0.335 e. The summed E-state index contributed by atoms with van der Waals surface area (Å²) in [6, 6.07) is 8.82. The molecule has 0 saturated carbocycles. The lowest BCUT2D eigenvalue weighted by Gasteiger charge is -2.12. The number of carbonyl (C=O) groups is 2. The monoisotopic (exact) mass is 481 g/mol. The molecule has 0 fully saturated rings. The number of hydrogen-bond donors (Lipinski definition) is 2. The van der Waals surface area contributed by atoms with E-state index in [1.54, 1.807) is 24.3 Å². The minimum absolute atomic E-state index is 0.163. The highest BCUT2D eigenvalue weighted by atomic mass is 32.2. The van der Waals surface area contributed by atoms with Crippen molar-refractivity contribution in [1.82, 2.24) is 14.9 Å². The topological polar surface area (TPSA) is 103 Å². The van der Waals surface area contributed by atoms with Crippen LogP contribution in [0.4, 0.5) is 18.2 Å². The van der Waals surface area contributed by atoms with E-state index in [9.17, 15) is 22.8 Å². The Bertz CT molecular complexity index is 1160. The highest BCUT2D eigenvalue weighted by Crippen LogP contribution is 2.39. The van der Waals surface area contributed by atoms with Crippen molar-refractivity contribution in [3.8, 4) is 0 Å². The van der Waals surface area contributed by atoms with Crippen LogP contribution in [-0.2, 0) is 23.8 Å². The Morgan fingerprint density at radius 2 is 1.88 bits per heavy atom. The van der Waals surface area contributed by atoms with Gasteiger partial charge in [0.2, 0.25) is 11.1 Å². The molecule has 3 N–H and O–H groups in total. The molecule has 3 aromatic rings. The average molecular weight is 482 g/mol. The summed E-state index contributed by atoms with van der Waals surface area (Å²) in [6.07, 6.45) is -1.15. The minimum atomic E-state index is -4.74. The van der Waals surface area contributed by atoms with Gasteiger partial charge in [-0.05, 0) is 31.2 Å². The number of hydrogen-bond acceptors (Lipinski definition) is 7. The second-order valence-corrected chi connectivity index (χ2v) is 9.17. The van der Waals surface area contributed by atoms with Crippen LogP contribution < -0.4 is 11.2 Å². The van der Waals surface area contributed by atoms with Gasteiger partial charge in [0.15, 0.2) is 5.78 Å². The predicted octanol–water partition coefficient (Wildman–Crippen LogP) is 3.91. The van der Waals surface area contributed by atoms with Crippen molar-refractivity contribution in [1.29, 1.82) is 0 Å². The molecule has 7 nitrogen and oxygen atoms in total. The Balaban J connectivity index is 1.53. The summed E-state index contributed by atoms with van der Waals surface area (Å²) >= 11 is 2.11. The van der Waals surface area contributed by atoms with Crippen LogP contribution in [0.15, 0.2) is 35.5 Å². The lowest BCUT2D eigenvalue weighted by atomic mass is 9.92. The van der Waals surface area contributed by atoms with Crippen LogP contribution >= 0.6 is 23.1 Å². The molecule has 1 amide bonds. The van der Waals surface area contributed by atoms with Crippen molar-refractivity contribution >= 4 is 39.8 Å².